The largest absolute Gasteiger partial charge is 0.272 e. The summed E-state index contributed by atoms with van der Waals surface area (Å²) >= 11 is 1.20. The van der Waals surface area contributed by atoms with Gasteiger partial charge in [0.25, 0.3) is 11.5 Å². The zero-order chi connectivity index (χ0) is 25.6. The lowest BCUT2D eigenvalue weighted by Crippen LogP contribution is -2.24. The van der Waals surface area contributed by atoms with Gasteiger partial charge in [0.15, 0.2) is 5.16 Å². The quantitative estimate of drug-likeness (QED) is 0.134. The SMILES string of the molecule is CC(=NNC(=O)CSc1nc2ccccc2c(=O)n1-c1ccccc1)c1ccc(-c2ccccc2)cc1. The highest BCUT2D eigenvalue weighted by molar-refractivity contribution is 7.99. The van der Waals surface area contributed by atoms with Crippen molar-refractivity contribution in [3.63, 3.8) is 0 Å². The Kier molecular flexibility index (Phi) is 7.23. The number of nitrogens with one attached hydrogen (secondary N) is 1. The molecule has 182 valence electrons. The number of amides is 1. The van der Waals surface area contributed by atoms with Crippen molar-refractivity contribution in [1.29, 1.82) is 0 Å². The first-order chi connectivity index (χ1) is 18.1. The molecule has 1 heterocycles. The summed E-state index contributed by atoms with van der Waals surface area (Å²) in [4.78, 5) is 30.6. The molecule has 0 saturated carbocycles. The minimum absolute atomic E-state index is 0.0569. The molecule has 5 rings (SSSR count). The molecule has 1 N–H and O–H groups in total. The fraction of sp³-hybridized carbons (Fsp3) is 0.0667. The molecule has 0 aliphatic carbocycles. The smallest absolute Gasteiger partial charge is 0.266 e. The van der Waals surface area contributed by atoms with Crippen LogP contribution in [-0.4, -0.2) is 26.9 Å². The Morgan fingerprint density at radius 1 is 0.838 bits per heavy atom. The Morgan fingerprint density at radius 2 is 1.46 bits per heavy atom. The third kappa shape index (κ3) is 5.52. The highest BCUT2D eigenvalue weighted by atomic mass is 32.2. The van der Waals surface area contributed by atoms with Crippen LogP contribution < -0.4 is 11.0 Å². The molecule has 4 aromatic carbocycles. The van der Waals surface area contributed by atoms with E-state index in [1.54, 1.807) is 16.7 Å². The fourth-order valence-electron chi connectivity index (χ4n) is 3.92. The number of hydrogen-bond acceptors (Lipinski definition) is 5. The first-order valence-electron chi connectivity index (χ1n) is 11.8. The number of fused-ring (bicyclic) bond motifs is 1. The minimum atomic E-state index is -0.285. The summed E-state index contributed by atoms with van der Waals surface area (Å²) in [6.07, 6.45) is 0. The molecule has 0 atom stereocenters. The van der Waals surface area contributed by atoms with Crippen LogP contribution in [0.25, 0.3) is 27.7 Å². The number of rotatable bonds is 7. The average Bonchev–Trinajstić information content (AvgIpc) is 2.96. The predicted molar refractivity (Wildman–Crippen MR) is 150 cm³/mol. The molecule has 1 amide bonds. The van der Waals surface area contributed by atoms with Crippen molar-refractivity contribution < 1.29 is 4.79 Å². The Bertz CT molecular complexity index is 1630. The van der Waals surface area contributed by atoms with E-state index in [-0.39, 0.29) is 17.2 Å². The molecule has 0 bridgehead atoms. The van der Waals surface area contributed by atoms with E-state index in [9.17, 15) is 9.59 Å². The van der Waals surface area contributed by atoms with Crippen molar-refractivity contribution in [2.24, 2.45) is 5.10 Å². The van der Waals surface area contributed by atoms with Crippen LogP contribution in [-0.2, 0) is 4.79 Å². The van der Waals surface area contributed by atoms with Gasteiger partial charge in [0.2, 0.25) is 0 Å². The molecule has 37 heavy (non-hydrogen) atoms. The number of thioether (sulfide) groups is 1. The van der Waals surface area contributed by atoms with E-state index in [1.807, 2.05) is 91.9 Å². The Balaban J connectivity index is 1.30. The number of carbonyl (C=O) groups excluding carboxylic acids is 1. The molecule has 1 aromatic heterocycles. The van der Waals surface area contributed by atoms with Crippen molar-refractivity contribution in [2.45, 2.75) is 12.1 Å². The van der Waals surface area contributed by atoms with Crippen molar-refractivity contribution in [2.75, 3.05) is 5.75 Å². The first-order valence-corrected chi connectivity index (χ1v) is 12.8. The zero-order valence-electron chi connectivity index (χ0n) is 20.2. The van der Waals surface area contributed by atoms with E-state index < -0.39 is 0 Å². The lowest BCUT2D eigenvalue weighted by molar-refractivity contribution is -0.118. The molecule has 6 nitrogen and oxygen atoms in total. The van der Waals surface area contributed by atoms with Gasteiger partial charge in [-0.15, -0.1) is 0 Å². The number of hydrogen-bond donors (Lipinski definition) is 1. The van der Waals surface area contributed by atoms with E-state index in [0.29, 0.717) is 27.5 Å². The van der Waals surface area contributed by atoms with E-state index in [4.69, 9.17) is 0 Å². The second kappa shape index (κ2) is 11.1. The normalized spacial score (nSPS) is 11.4. The van der Waals surface area contributed by atoms with E-state index in [1.165, 1.54) is 11.8 Å². The van der Waals surface area contributed by atoms with Crippen molar-refractivity contribution >= 4 is 34.3 Å². The summed E-state index contributed by atoms with van der Waals surface area (Å²) in [6, 6.07) is 34.7. The molecular formula is C30H24N4O2S. The molecule has 0 radical (unpaired) electrons. The monoisotopic (exact) mass is 504 g/mol. The Hall–Kier alpha value is -4.49. The van der Waals surface area contributed by atoms with Crippen LogP contribution in [0.1, 0.15) is 12.5 Å². The van der Waals surface area contributed by atoms with Crippen LogP contribution in [0.15, 0.2) is 124 Å². The van der Waals surface area contributed by atoms with Gasteiger partial charge in [0, 0.05) is 0 Å². The van der Waals surface area contributed by atoms with Crippen molar-refractivity contribution in [1.82, 2.24) is 15.0 Å². The summed E-state index contributed by atoms with van der Waals surface area (Å²) in [6.45, 7) is 1.85. The highest BCUT2D eigenvalue weighted by Crippen LogP contribution is 2.22. The fourth-order valence-corrected chi connectivity index (χ4v) is 4.73. The average molecular weight is 505 g/mol. The second-order valence-corrected chi connectivity index (χ2v) is 9.29. The van der Waals surface area contributed by atoms with Crippen molar-refractivity contribution in [3.05, 3.63) is 125 Å². The van der Waals surface area contributed by atoms with Crippen molar-refractivity contribution in [3.8, 4) is 16.8 Å². The summed E-state index contributed by atoms with van der Waals surface area (Å²) in [5.74, 6) is -0.228. The topological polar surface area (TPSA) is 76.3 Å². The van der Waals surface area contributed by atoms with Gasteiger partial charge < -0.3 is 0 Å². The number of benzene rings is 4. The highest BCUT2D eigenvalue weighted by Gasteiger charge is 2.14. The molecule has 0 saturated heterocycles. The number of aromatic nitrogens is 2. The third-order valence-electron chi connectivity index (χ3n) is 5.85. The van der Waals surface area contributed by atoms with Crippen LogP contribution in [0.4, 0.5) is 0 Å². The van der Waals surface area contributed by atoms with Crippen LogP contribution >= 0.6 is 11.8 Å². The number of para-hydroxylation sites is 2. The molecule has 0 aliphatic rings. The van der Waals surface area contributed by atoms with Gasteiger partial charge in [-0.05, 0) is 47.9 Å². The van der Waals surface area contributed by atoms with Gasteiger partial charge in [-0.1, -0.05) is 96.7 Å². The molecular weight excluding hydrogens is 480 g/mol. The van der Waals surface area contributed by atoms with E-state index >= 15 is 0 Å². The Labute approximate surface area is 218 Å². The summed E-state index contributed by atoms with van der Waals surface area (Å²) in [5, 5.41) is 5.25. The summed E-state index contributed by atoms with van der Waals surface area (Å²) in [5.41, 5.74) is 7.61. The molecule has 0 fully saturated rings. The molecule has 0 aliphatic heterocycles. The summed E-state index contributed by atoms with van der Waals surface area (Å²) < 4.78 is 1.54. The maximum absolute atomic E-state index is 13.3. The molecule has 0 unspecified atom stereocenters. The van der Waals surface area contributed by atoms with Gasteiger partial charge >= 0.3 is 0 Å². The third-order valence-corrected chi connectivity index (χ3v) is 6.79. The Morgan fingerprint density at radius 3 is 2.19 bits per heavy atom. The first kappa shape index (κ1) is 24.2. The van der Waals surface area contributed by atoms with Crippen LogP contribution in [0.5, 0.6) is 0 Å². The van der Waals surface area contributed by atoms with Gasteiger partial charge in [0.05, 0.1) is 28.1 Å². The number of nitrogens with zero attached hydrogens (tertiary/aromatic N) is 3. The van der Waals surface area contributed by atoms with Crippen LogP contribution in [0.3, 0.4) is 0 Å². The predicted octanol–water partition coefficient (Wildman–Crippen LogP) is 5.69. The van der Waals surface area contributed by atoms with E-state index in [2.05, 4.69) is 27.6 Å². The van der Waals surface area contributed by atoms with Gasteiger partial charge in [-0.25, -0.2) is 10.4 Å². The number of carbonyl (C=O) groups is 1. The van der Waals surface area contributed by atoms with Gasteiger partial charge in [-0.2, -0.15) is 5.10 Å². The van der Waals surface area contributed by atoms with Gasteiger partial charge in [0.1, 0.15) is 0 Å². The minimum Gasteiger partial charge on any atom is -0.272 e. The standard InChI is InChI=1S/C30H24N4O2S/c1-21(22-16-18-24(19-17-22)23-10-4-2-5-11-23)32-33-28(35)20-37-30-31-27-15-9-8-14-26(27)29(36)34(30)25-12-6-3-7-13-25/h2-19H,20H2,1H3,(H,33,35). The molecule has 0 spiro atoms. The second-order valence-electron chi connectivity index (χ2n) is 8.35. The van der Waals surface area contributed by atoms with E-state index in [0.717, 1.165) is 16.7 Å². The summed E-state index contributed by atoms with van der Waals surface area (Å²) in [7, 11) is 0. The number of hydrazone groups is 1. The lowest BCUT2D eigenvalue weighted by Gasteiger charge is -2.13. The maximum Gasteiger partial charge on any atom is 0.266 e. The van der Waals surface area contributed by atoms with Crippen LogP contribution in [0, 0.1) is 0 Å². The molecule has 7 heteroatoms. The van der Waals surface area contributed by atoms with Crippen LogP contribution in [0.2, 0.25) is 0 Å². The van der Waals surface area contributed by atoms with Gasteiger partial charge in [-0.3, -0.25) is 14.2 Å². The lowest BCUT2D eigenvalue weighted by atomic mass is 10.0. The zero-order valence-corrected chi connectivity index (χ0v) is 21.0. The maximum atomic E-state index is 13.3. The molecule has 5 aromatic rings.